The second-order valence-electron chi connectivity index (χ2n) is 6.65. The Bertz CT molecular complexity index is 958. The molecule has 0 unspecified atom stereocenters. The van der Waals surface area contributed by atoms with Crippen molar-refractivity contribution in [1.82, 2.24) is 0 Å². The lowest BCUT2D eigenvalue weighted by atomic mass is 10.1. The Kier molecular flexibility index (Phi) is 6.87. The lowest BCUT2D eigenvalue weighted by molar-refractivity contribution is 0.281. The van der Waals surface area contributed by atoms with Gasteiger partial charge in [-0.1, -0.05) is 63.4 Å². The second-order valence-corrected chi connectivity index (χ2v) is 7.91. The minimum Gasteiger partial charge on any atom is -0.493 e. The smallest absolute Gasteiger partial charge is 0.167 e. The van der Waals surface area contributed by atoms with Crippen LogP contribution in [-0.4, -0.2) is 7.11 Å². The predicted molar refractivity (Wildman–Crippen MR) is 120 cm³/mol. The minimum absolute atomic E-state index is 0.469. The van der Waals surface area contributed by atoms with Gasteiger partial charge in [0.15, 0.2) is 11.5 Å². The number of hydrogen-bond donors (Lipinski definition) is 1. The van der Waals surface area contributed by atoms with Crippen LogP contribution in [0.5, 0.6) is 11.5 Å². The van der Waals surface area contributed by atoms with Crippen molar-refractivity contribution in [3.05, 3.63) is 86.3 Å². The maximum absolute atomic E-state index is 6.24. The van der Waals surface area contributed by atoms with E-state index in [1.54, 1.807) is 7.11 Å². The largest absolute Gasteiger partial charge is 0.493 e. The van der Waals surface area contributed by atoms with Crippen molar-refractivity contribution in [3.8, 4) is 11.5 Å². The van der Waals surface area contributed by atoms with Crippen LogP contribution in [0.25, 0.3) is 0 Å². The van der Waals surface area contributed by atoms with E-state index in [9.17, 15) is 0 Å². The summed E-state index contributed by atoms with van der Waals surface area (Å²) in [5.74, 6) is 1.43. The first-order valence-corrected chi connectivity index (χ1v) is 10.2. The Labute approximate surface area is 179 Å². The number of nitrogens with one attached hydrogen (secondary N) is 1. The highest BCUT2D eigenvalue weighted by atomic mass is 79.9. The van der Waals surface area contributed by atoms with Gasteiger partial charge in [-0.05, 0) is 49.2 Å². The fourth-order valence-electron chi connectivity index (χ4n) is 2.80. The second kappa shape index (κ2) is 9.35. The van der Waals surface area contributed by atoms with E-state index in [-0.39, 0.29) is 0 Å². The van der Waals surface area contributed by atoms with Gasteiger partial charge in [-0.25, -0.2) is 0 Å². The summed E-state index contributed by atoms with van der Waals surface area (Å²) in [5.41, 5.74) is 5.33. The zero-order chi connectivity index (χ0) is 20.1. The maximum atomic E-state index is 6.24. The van der Waals surface area contributed by atoms with E-state index in [0.29, 0.717) is 18.9 Å². The highest BCUT2D eigenvalue weighted by Crippen LogP contribution is 2.37. The number of benzene rings is 3. The van der Waals surface area contributed by atoms with Crippen molar-refractivity contribution < 1.29 is 9.47 Å². The molecule has 146 valence electrons. The Morgan fingerprint density at radius 3 is 2.43 bits per heavy atom. The fraction of sp³-hybridized carbons (Fsp3) is 0.217. The molecule has 5 heteroatoms. The summed E-state index contributed by atoms with van der Waals surface area (Å²) >= 11 is 9.88. The third-order valence-corrected chi connectivity index (χ3v) is 5.68. The molecule has 3 aromatic carbocycles. The molecule has 3 aromatic rings. The van der Waals surface area contributed by atoms with E-state index in [2.05, 4.69) is 52.4 Å². The monoisotopic (exact) mass is 459 g/mol. The van der Waals surface area contributed by atoms with Gasteiger partial charge in [0.2, 0.25) is 0 Å². The number of hydrogen-bond acceptors (Lipinski definition) is 3. The molecule has 0 spiro atoms. The van der Waals surface area contributed by atoms with E-state index >= 15 is 0 Å². The molecule has 0 saturated carbocycles. The van der Waals surface area contributed by atoms with Gasteiger partial charge in [-0.2, -0.15) is 0 Å². The summed E-state index contributed by atoms with van der Waals surface area (Å²) in [4.78, 5) is 0. The molecule has 0 saturated heterocycles. The van der Waals surface area contributed by atoms with Crippen molar-refractivity contribution in [2.24, 2.45) is 0 Å². The first-order valence-electron chi connectivity index (χ1n) is 9.01. The van der Waals surface area contributed by atoms with Crippen molar-refractivity contribution in [2.75, 3.05) is 12.4 Å². The molecule has 0 aliphatic heterocycles. The van der Waals surface area contributed by atoms with Crippen LogP contribution in [0.4, 0.5) is 5.69 Å². The summed E-state index contributed by atoms with van der Waals surface area (Å²) in [7, 11) is 1.65. The molecule has 1 N–H and O–H groups in total. The highest BCUT2D eigenvalue weighted by Gasteiger charge is 2.15. The average molecular weight is 461 g/mol. The molecule has 28 heavy (non-hydrogen) atoms. The lowest BCUT2D eigenvalue weighted by Crippen LogP contribution is -2.06. The standard InChI is InChI=1S/C23H23BrClNO2/c1-15-4-7-17(8-5-15)14-28-23-19(20(24)10-11-22(23)27-3)13-26-18-9-6-16(2)21(25)12-18/h4-12,26H,13-14H2,1-3H3. The molecule has 0 radical (unpaired) electrons. The van der Waals surface area contributed by atoms with Crippen LogP contribution in [0.2, 0.25) is 5.02 Å². The molecular formula is C23H23BrClNO2. The van der Waals surface area contributed by atoms with Gasteiger partial charge in [0.05, 0.1) is 7.11 Å². The van der Waals surface area contributed by atoms with Crippen LogP contribution < -0.4 is 14.8 Å². The topological polar surface area (TPSA) is 30.5 Å². The summed E-state index contributed by atoms with van der Waals surface area (Å²) in [5, 5.41) is 4.16. The van der Waals surface area contributed by atoms with E-state index in [1.165, 1.54) is 5.56 Å². The van der Waals surface area contributed by atoms with Gasteiger partial charge in [-0.15, -0.1) is 0 Å². The first-order chi connectivity index (χ1) is 13.5. The van der Waals surface area contributed by atoms with Crippen molar-refractivity contribution in [3.63, 3.8) is 0 Å². The molecule has 0 aromatic heterocycles. The quantitative estimate of drug-likeness (QED) is 0.415. The molecular weight excluding hydrogens is 438 g/mol. The number of methoxy groups -OCH3 is 1. The summed E-state index contributed by atoms with van der Waals surface area (Å²) in [6.45, 7) is 5.10. The Morgan fingerprint density at radius 2 is 1.75 bits per heavy atom. The van der Waals surface area contributed by atoms with Crippen LogP contribution in [0.15, 0.2) is 59.1 Å². The van der Waals surface area contributed by atoms with Crippen molar-refractivity contribution in [1.29, 1.82) is 0 Å². The predicted octanol–water partition coefficient (Wildman–Crippen LogP) is 6.92. The zero-order valence-corrected chi connectivity index (χ0v) is 18.5. The molecule has 0 fully saturated rings. The van der Waals surface area contributed by atoms with Crippen LogP contribution in [-0.2, 0) is 13.2 Å². The molecule has 0 amide bonds. The summed E-state index contributed by atoms with van der Waals surface area (Å²) in [6.07, 6.45) is 0. The number of halogens is 2. The fourth-order valence-corrected chi connectivity index (χ4v) is 3.43. The van der Waals surface area contributed by atoms with Gasteiger partial charge in [0.1, 0.15) is 6.61 Å². The third kappa shape index (κ3) is 5.00. The molecule has 3 nitrogen and oxygen atoms in total. The number of rotatable bonds is 7. The van der Waals surface area contributed by atoms with E-state index in [4.69, 9.17) is 21.1 Å². The molecule has 0 aliphatic rings. The maximum Gasteiger partial charge on any atom is 0.167 e. The summed E-state index contributed by atoms with van der Waals surface area (Å²) < 4.78 is 12.7. The number of aryl methyl sites for hydroxylation is 2. The van der Waals surface area contributed by atoms with E-state index in [0.717, 1.165) is 37.6 Å². The molecule has 0 bridgehead atoms. The normalized spacial score (nSPS) is 10.6. The van der Waals surface area contributed by atoms with Crippen molar-refractivity contribution in [2.45, 2.75) is 27.0 Å². The summed E-state index contributed by atoms with van der Waals surface area (Å²) in [6, 6.07) is 18.1. The number of ether oxygens (including phenoxy) is 2. The van der Waals surface area contributed by atoms with Gasteiger partial charge in [0, 0.05) is 27.3 Å². The van der Waals surface area contributed by atoms with Crippen molar-refractivity contribution >= 4 is 33.2 Å². The number of anilines is 1. The van der Waals surface area contributed by atoms with Gasteiger partial charge >= 0.3 is 0 Å². The Hall–Kier alpha value is -2.17. The molecule has 0 atom stereocenters. The van der Waals surface area contributed by atoms with E-state index in [1.807, 2.05) is 37.3 Å². The Morgan fingerprint density at radius 1 is 1.00 bits per heavy atom. The van der Waals surface area contributed by atoms with Crippen LogP contribution in [0.1, 0.15) is 22.3 Å². The van der Waals surface area contributed by atoms with Crippen LogP contribution in [0, 0.1) is 13.8 Å². The molecule has 0 heterocycles. The average Bonchev–Trinajstić information content (AvgIpc) is 2.69. The minimum atomic E-state index is 0.469. The third-order valence-electron chi connectivity index (χ3n) is 4.53. The molecule has 3 rings (SSSR count). The Balaban J connectivity index is 1.82. The molecule has 0 aliphatic carbocycles. The SMILES string of the molecule is COc1ccc(Br)c(CNc2ccc(C)c(Cl)c2)c1OCc1ccc(C)cc1. The van der Waals surface area contributed by atoms with Crippen LogP contribution >= 0.6 is 27.5 Å². The van der Waals surface area contributed by atoms with Crippen LogP contribution in [0.3, 0.4) is 0 Å². The first kappa shape index (κ1) is 20.6. The van der Waals surface area contributed by atoms with E-state index < -0.39 is 0 Å². The van der Waals surface area contributed by atoms with Gasteiger partial charge in [-0.3, -0.25) is 0 Å². The van der Waals surface area contributed by atoms with Gasteiger partial charge in [0.25, 0.3) is 0 Å². The lowest BCUT2D eigenvalue weighted by Gasteiger charge is -2.18. The van der Waals surface area contributed by atoms with Gasteiger partial charge < -0.3 is 14.8 Å². The zero-order valence-electron chi connectivity index (χ0n) is 16.2. The highest BCUT2D eigenvalue weighted by molar-refractivity contribution is 9.10.